The number of hydrogen-bond donors (Lipinski definition) is 1. The Morgan fingerprint density at radius 3 is 2.50 bits per heavy atom. The molecule has 0 aromatic rings. The van der Waals surface area contributed by atoms with Gasteiger partial charge in [0.25, 0.3) is 0 Å². The minimum atomic E-state index is 0.769. The summed E-state index contributed by atoms with van der Waals surface area (Å²) in [6.07, 6.45) is 6.86. The molecule has 3 unspecified atom stereocenters. The Balaban J connectivity index is 2.46. The molecule has 0 aromatic carbocycles. The van der Waals surface area contributed by atoms with Crippen LogP contribution in [0.1, 0.15) is 46.0 Å². The van der Waals surface area contributed by atoms with E-state index in [1.54, 1.807) is 0 Å². The van der Waals surface area contributed by atoms with Gasteiger partial charge < -0.3 is 10.2 Å². The van der Waals surface area contributed by atoms with Crippen LogP contribution in [-0.2, 0) is 0 Å². The lowest BCUT2D eigenvalue weighted by Gasteiger charge is -2.38. The molecule has 0 spiro atoms. The second-order valence-corrected chi connectivity index (χ2v) is 5.67. The van der Waals surface area contributed by atoms with Crippen molar-refractivity contribution in [3.63, 3.8) is 0 Å². The van der Waals surface area contributed by atoms with Gasteiger partial charge in [-0.25, -0.2) is 0 Å². The summed E-state index contributed by atoms with van der Waals surface area (Å²) in [5.41, 5.74) is 0. The van der Waals surface area contributed by atoms with E-state index < -0.39 is 0 Å². The largest absolute Gasteiger partial charge is 0.314 e. The Morgan fingerprint density at radius 2 is 1.94 bits per heavy atom. The fourth-order valence-electron chi connectivity index (χ4n) is 3.00. The molecule has 1 N–H and O–H groups in total. The Morgan fingerprint density at radius 1 is 1.19 bits per heavy atom. The van der Waals surface area contributed by atoms with Crippen LogP contribution in [0.15, 0.2) is 0 Å². The van der Waals surface area contributed by atoms with E-state index in [1.807, 2.05) is 0 Å². The quantitative estimate of drug-likeness (QED) is 0.749. The van der Waals surface area contributed by atoms with Crippen LogP contribution in [0.3, 0.4) is 0 Å². The Labute approximate surface area is 102 Å². The molecule has 2 nitrogen and oxygen atoms in total. The molecular formula is C14H30N2. The summed E-state index contributed by atoms with van der Waals surface area (Å²) in [6, 6.07) is 0.769. The van der Waals surface area contributed by atoms with Crippen LogP contribution in [0, 0.1) is 11.8 Å². The van der Waals surface area contributed by atoms with Crippen molar-refractivity contribution < 1.29 is 0 Å². The normalized spacial score (nSPS) is 30.9. The summed E-state index contributed by atoms with van der Waals surface area (Å²) >= 11 is 0. The van der Waals surface area contributed by atoms with Crippen LogP contribution in [0.4, 0.5) is 0 Å². The first kappa shape index (κ1) is 14.0. The highest BCUT2D eigenvalue weighted by Gasteiger charge is 2.29. The van der Waals surface area contributed by atoms with Gasteiger partial charge >= 0.3 is 0 Å². The fraction of sp³-hybridized carbons (Fsp3) is 1.00. The molecule has 1 fully saturated rings. The average molecular weight is 226 g/mol. The van der Waals surface area contributed by atoms with Gasteiger partial charge in [0, 0.05) is 12.6 Å². The van der Waals surface area contributed by atoms with Crippen LogP contribution in [0.2, 0.25) is 0 Å². The zero-order valence-corrected chi connectivity index (χ0v) is 11.6. The van der Waals surface area contributed by atoms with Crippen LogP contribution >= 0.6 is 0 Å². The lowest BCUT2D eigenvalue weighted by molar-refractivity contribution is 0.163. The lowest BCUT2D eigenvalue weighted by Crippen LogP contribution is -2.44. The Hall–Kier alpha value is -0.0800. The molecule has 0 saturated heterocycles. The summed E-state index contributed by atoms with van der Waals surface area (Å²) in [4.78, 5) is 2.35. The van der Waals surface area contributed by atoms with E-state index in [0.29, 0.717) is 0 Å². The minimum Gasteiger partial charge on any atom is -0.314 e. The molecule has 0 radical (unpaired) electrons. The topological polar surface area (TPSA) is 15.3 Å². The van der Waals surface area contributed by atoms with E-state index in [0.717, 1.165) is 17.9 Å². The molecule has 3 atom stereocenters. The fourth-order valence-corrected chi connectivity index (χ4v) is 3.00. The van der Waals surface area contributed by atoms with Crippen LogP contribution < -0.4 is 5.32 Å². The zero-order chi connectivity index (χ0) is 12.0. The van der Waals surface area contributed by atoms with Gasteiger partial charge in [0.05, 0.1) is 0 Å². The van der Waals surface area contributed by atoms with Gasteiger partial charge in [0.15, 0.2) is 0 Å². The third kappa shape index (κ3) is 4.42. The minimum absolute atomic E-state index is 0.769. The van der Waals surface area contributed by atoms with Gasteiger partial charge in [-0.3, -0.25) is 0 Å². The molecule has 2 heteroatoms. The molecule has 0 bridgehead atoms. The zero-order valence-electron chi connectivity index (χ0n) is 11.6. The molecule has 0 aliphatic heterocycles. The van der Waals surface area contributed by atoms with Gasteiger partial charge in [-0.05, 0) is 58.2 Å². The second kappa shape index (κ2) is 7.29. The standard InChI is InChI=1S/C14H30N2/c1-5-9-15-14-8-7-12(6-2)10-13(14)11-16(3)4/h12-15H,5-11H2,1-4H3. The Kier molecular flexibility index (Phi) is 6.37. The molecule has 0 amide bonds. The third-order valence-electron chi connectivity index (χ3n) is 3.92. The average Bonchev–Trinajstić information content (AvgIpc) is 2.26. The predicted molar refractivity (Wildman–Crippen MR) is 71.8 cm³/mol. The summed E-state index contributed by atoms with van der Waals surface area (Å²) in [5, 5.41) is 3.74. The van der Waals surface area contributed by atoms with Gasteiger partial charge in [-0.15, -0.1) is 0 Å². The summed E-state index contributed by atoms with van der Waals surface area (Å²) in [6.45, 7) is 7.03. The van der Waals surface area contributed by atoms with E-state index in [-0.39, 0.29) is 0 Å². The van der Waals surface area contributed by atoms with Gasteiger partial charge in [0.2, 0.25) is 0 Å². The maximum atomic E-state index is 3.74. The van der Waals surface area contributed by atoms with Gasteiger partial charge in [-0.1, -0.05) is 20.3 Å². The first-order valence-corrected chi connectivity index (χ1v) is 7.05. The number of hydrogen-bond acceptors (Lipinski definition) is 2. The molecule has 0 heterocycles. The van der Waals surface area contributed by atoms with Crippen LogP contribution in [0.5, 0.6) is 0 Å². The maximum absolute atomic E-state index is 3.74. The highest BCUT2D eigenvalue weighted by atomic mass is 15.1. The van der Waals surface area contributed by atoms with Crippen molar-refractivity contribution in [3.8, 4) is 0 Å². The van der Waals surface area contributed by atoms with Gasteiger partial charge in [0.1, 0.15) is 0 Å². The molecular weight excluding hydrogens is 196 g/mol. The van der Waals surface area contributed by atoms with Crippen molar-refractivity contribution in [2.24, 2.45) is 11.8 Å². The van der Waals surface area contributed by atoms with Crippen molar-refractivity contribution in [3.05, 3.63) is 0 Å². The predicted octanol–water partition coefficient (Wildman–Crippen LogP) is 2.74. The van der Waals surface area contributed by atoms with E-state index in [2.05, 4.69) is 38.2 Å². The van der Waals surface area contributed by atoms with Crippen molar-refractivity contribution in [2.45, 2.75) is 52.0 Å². The monoisotopic (exact) mass is 226 g/mol. The van der Waals surface area contributed by atoms with E-state index in [9.17, 15) is 0 Å². The maximum Gasteiger partial charge on any atom is 0.0108 e. The number of rotatable bonds is 6. The van der Waals surface area contributed by atoms with Crippen LogP contribution in [-0.4, -0.2) is 38.1 Å². The van der Waals surface area contributed by atoms with Crippen LogP contribution in [0.25, 0.3) is 0 Å². The molecule has 1 aliphatic rings. The first-order chi connectivity index (χ1) is 7.67. The number of nitrogens with one attached hydrogen (secondary N) is 1. The second-order valence-electron chi connectivity index (χ2n) is 5.67. The van der Waals surface area contributed by atoms with Crippen molar-refractivity contribution in [1.29, 1.82) is 0 Å². The van der Waals surface area contributed by atoms with Crippen molar-refractivity contribution in [1.82, 2.24) is 10.2 Å². The molecule has 0 aromatic heterocycles. The summed E-state index contributed by atoms with van der Waals surface area (Å²) in [5.74, 6) is 1.84. The van der Waals surface area contributed by atoms with E-state index in [1.165, 1.54) is 45.2 Å². The third-order valence-corrected chi connectivity index (χ3v) is 3.92. The molecule has 16 heavy (non-hydrogen) atoms. The number of nitrogens with zero attached hydrogens (tertiary/aromatic N) is 1. The highest BCUT2D eigenvalue weighted by molar-refractivity contribution is 4.85. The molecule has 1 saturated carbocycles. The SMILES string of the molecule is CCCNC1CCC(CC)CC1CN(C)C. The van der Waals surface area contributed by atoms with E-state index in [4.69, 9.17) is 0 Å². The van der Waals surface area contributed by atoms with Crippen molar-refractivity contribution in [2.75, 3.05) is 27.2 Å². The van der Waals surface area contributed by atoms with Crippen molar-refractivity contribution >= 4 is 0 Å². The summed E-state index contributed by atoms with van der Waals surface area (Å²) < 4.78 is 0. The molecule has 1 aliphatic carbocycles. The summed E-state index contributed by atoms with van der Waals surface area (Å²) in [7, 11) is 4.40. The first-order valence-electron chi connectivity index (χ1n) is 7.05. The smallest absolute Gasteiger partial charge is 0.0108 e. The van der Waals surface area contributed by atoms with Gasteiger partial charge in [-0.2, -0.15) is 0 Å². The van der Waals surface area contributed by atoms with E-state index >= 15 is 0 Å². The molecule has 96 valence electrons. The highest BCUT2D eigenvalue weighted by Crippen LogP contribution is 2.31. The Bertz CT molecular complexity index is 180. The lowest BCUT2D eigenvalue weighted by atomic mass is 9.76. The molecule has 1 rings (SSSR count).